The molecule has 0 saturated heterocycles. The first-order chi connectivity index (χ1) is 12.7. The molecule has 1 amide bonds. The lowest BCUT2D eigenvalue weighted by Crippen LogP contribution is -2.40. The van der Waals surface area contributed by atoms with E-state index in [4.69, 9.17) is 4.74 Å². The Morgan fingerprint density at radius 1 is 1.15 bits per heavy atom. The molecular formula is C19H23FN2O4S. The van der Waals surface area contributed by atoms with Crippen LogP contribution < -0.4 is 14.4 Å². The van der Waals surface area contributed by atoms with Gasteiger partial charge in [0.25, 0.3) is 0 Å². The fraction of sp³-hybridized carbons (Fsp3) is 0.316. The number of carbonyl (C=O) groups is 1. The molecule has 0 spiro atoms. The maximum Gasteiger partial charge on any atom is 0.241 e. The van der Waals surface area contributed by atoms with Crippen LogP contribution in [-0.4, -0.2) is 33.2 Å². The molecule has 0 aliphatic rings. The number of para-hydroxylation sites is 2. The van der Waals surface area contributed by atoms with Crippen molar-refractivity contribution < 1.29 is 22.3 Å². The van der Waals surface area contributed by atoms with Gasteiger partial charge in [-0.15, -0.1) is 0 Å². The first kappa shape index (κ1) is 20.7. The molecule has 0 radical (unpaired) electrons. The zero-order chi connectivity index (χ0) is 20.0. The minimum Gasteiger partial charge on any atom is -0.489 e. The SMILES string of the molecule is CC(C)Oc1ccccc1N(CC(=O)NCc1ccccc1F)S(C)(=O)=O. The number of hydrogen-bond donors (Lipinski definition) is 1. The van der Waals surface area contributed by atoms with Gasteiger partial charge in [0, 0.05) is 12.1 Å². The van der Waals surface area contributed by atoms with E-state index in [1.54, 1.807) is 42.5 Å². The largest absolute Gasteiger partial charge is 0.489 e. The molecule has 0 aromatic heterocycles. The van der Waals surface area contributed by atoms with Crippen LogP contribution in [0.15, 0.2) is 48.5 Å². The third-order valence-electron chi connectivity index (χ3n) is 3.62. The average molecular weight is 394 g/mol. The lowest BCUT2D eigenvalue weighted by atomic mass is 10.2. The van der Waals surface area contributed by atoms with Crippen LogP contribution >= 0.6 is 0 Å². The Morgan fingerprint density at radius 2 is 1.78 bits per heavy atom. The second kappa shape index (κ2) is 8.85. The number of amides is 1. The molecule has 0 aliphatic heterocycles. The van der Waals surface area contributed by atoms with Crippen LogP contribution in [0.2, 0.25) is 0 Å². The molecule has 8 heteroatoms. The summed E-state index contributed by atoms with van der Waals surface area (Å²) in [7, 11) is -3.74. The number of nitrogens with zero attached hydrogens (tertiary/aromatic N) is 1. The molecule has 0 fully saturated rings. The summed E-state index contributed by atoms with van der Waals surface area (Å²) in [5, 5.41) is 2.55. The van der Waals surface area contributed by atoms with E-state index in [1.165, 1.54) is 6.07 Å². The molecular weight excluding hydrogens is 371 g/mol. The number of nitrogens with one attached hydrogen (secondary N) is 1. The van der Waals surface area contributed by atoms with Crippen molar-refractivity contribution in [1.29, 1.82) is 0 Å². The minimum atomic E-state index is -3.74. The monoisotopic (exact) mass is 394 g/mol. The third kappa shape index (κ3) is 5.96. The summed E-state index contributed by atoms with van der Waals surface area (Å²) < 4.78 is 44.8. The molecule has 0 atom stereocenters. The highest BCUT2D eigenvalue weighted by molar-refractivity contribution is 7.92. The topological polar surface area (TPSA) is 75.7 Å². The van der Waals surface area contributed by atoms with Crippen LogP contribution in [0.4, 0.5) is 10.1 Å². The second-order valence-electron chi connectivity index (χ2n) is 6.27. The molecule has 0 aliphatic carbocycles. The molecule has 2 aromatic carbocycles. The first-order valence-corrected chi connectivity index (χ1v) is 10.3. The molecule has 0 heterocycles. The van der Waals surface area contributed by atoms with Crippen molar-refractivity contribution in [2.75, 3.05) is 17.1 Å². The summed E-state index contributed by atoms with van der Waals surface area (Å²) in [6, 6.07) is 12.7. The molecule has 6 nitrogen and oxygen atoms in total. The number of sulfonamides is 1. The Morgan fingerprint density at radius 3 is 2.41 bits per heavy atom. The Hall–Kier alpha value is -2.61. The van der Waals surface area contributed by atoms with Gasteiger partial charge >= 0.3 is 0 Å². The number of rotatable bonds is 8. The summed E-state index contributed by atoms with van der Waals surface area (Å²) in [6.07, 6.45) is 0.853. The zero-order valence-electron chi connectivity index (χ0n) is 15.5. The summed E-state index contributed by atoms with van der Waals surface area (Å²) in [5.41, 5.74) is 0.593. The summed E-state index contributed by atoms with van der Waals surface area (Å²) in [5.74, 6) is -0.628. The number of ether oxygens (including phenoxy) is 1. The van der Waals surface area contributed by atoms with Gasteiger partial charge in [-0.25, -0.2) is 12.8 Å². The molecule has 27 heavy (non-hydrogen) atoms. The maximum absolute atomic E-state index is 13.7. The van der Waals surface area contributed by atoms with E-state index in [1.807, 2.05) is 13.8 Å². The zero-order valence-corrected chi connectivity index (χ0v) is 16.3. The van der Waals surface area contributed by atoms with E-state index in [9.17, 15) is 17.6 Å². The number of hydrogen-bond acceptors (Lipinski definition) is 4. The van der Waals surface area contributed by atoms with Crippen molar-refractivity contribution in [3.8, 4) is 5.75 Å². The number of halogens is 1. The van der Waals surface area contributed by atoms with Gasteiger partial charge in [0.1, 0.15) is 18.1 Å². The van der Waals surface area contributed by atoms with Gasteiger partial charge in [-0.3, -0.25) is 9.10 Å². The van der Waals surface area contributed by atoms with Crippen molar-refractivity contribution in [3.63, 3.8) is 0 Å². The van der Waals surface area contributed by atoms with Gasteiger partial charge in [0.2, 0.25) is 15.9 Å². The van der Waals surface area contributed by atoms with Crippen molar-refractivity contribution in [1.82, 2.24) is 5.32 Å². The third-order valence-corrected chi connectivity index (χ3v) is 4.74. The van der Waals surface area contributed by atoms with Crippen LogP contribution in [-0.2, 0) is 21.4 Å². The van der Waals surface area contributed by atoms with Gasteiger partial charge in [0.15, 0.2) is 0 Å². The van der Waals surface area contributed by atoms with Crippen molar-refractivity contribution >= 4 is 21.6 Å². The van der Waals surface area contributed by atoms with E-state index in [0.717, 1.165) is 10.6 Å². The standard InChI is InChI=1S/C19H23FN2O4S/c1-14(2)26-18-11-7-6-10-17(18)22(27(3,24)25)13-19(23)21-12-15-8-4-5-9-16(15)20/h4-11,14H,12-13H2,1-3H3,(H,21,23). The molecule has 146 valence electrons. The first-order valence-electron chi connectivity index (χ1n) is 8.42. The van der Waals surface area contributed by atoms with Crippen molar-refractivity contribution in [2.24, 2.45) is 0 Å². The Labute approximate surface area is 159 Å². The van der Waals surface area contributed by atoms with Crippen LogP contribution in [0.5, 0.6) is 5.75 Å². The highest BCUT2D eigenvalue weighted by atomic mass is 32.2. The summed E-state index contributed by atoms with van der Waals surface area (Å²) >= 11 is 0. The predicted molar refractivity (Wildman–Crippen MR) is 103 cm³/mol. The Kier molecular flexibility index (Phi) is 6.79. The smallest absolute Gasteiger partial charge is 0.241 e. The maximum atomic E-state index is 13.7. The van der Waals surface area contributed by atoms with E-state index in [-0.39, 0.29) is 18.3 Å². The number of carbonyl (C=O) groups excluding carboxylic acids is 1. The van der Waals surface area contributed by atoms with Crippen LogP contribution in [0, 0.1) is 5.82 Å². The Bertz CT molecular complexity index is 900. The summed E-state index contributed by atoms with van der Waals surface area (Å²) in [6.45, 7) is 3.17. The summed E-state index contributed by atoms with van der Waals surface area (Å²) in [4.78, 5) is 12.3. The van der Waals surface area contributed by atoms with Crippen molar-refractivity contribution in [3.05, 3.63) is 59.9 Å². The van der Waals surface area contributed by atoms with E-state index < -0.39 is 28.3 Å². The van der Waals surface area contributed by atoms with Gasteiger partial charge in [-0.2, -0.15) is 0 Å². The molecule has 1 N–H and O–H groups in total. The van der Waals surface area contributed by atoms with Crippen LogP contribution in [0.1, 0.15) is 19.4 Å². The van der Waals surface area contributed by atoms with Crippen LogP contribution in [0.25, 0.3) is 0 Å². The lowest BCUT2D eigenvalue weighted by molar-refractivity contribution is -0.119. The number of benzene rings is 2. The minimum absolute atomic E-state index is 0.0345. The quantitative estimate of drug-likeness (QED) is 0.747. The predicted octanol–water partition coefficient (Wildman–Crippen LogP) is 2.70. The van der Waals surface area contributed by atoms with E-state index in [0.29, 0.717) is 11.3 Å². The van der Waals surface area contributed by atoms with Gasteiger partial charge < -0.3 is 10.1 Å². The molecule has 0 bridgehead atoms. The second-order valence-corrected chi connectivity index (χ2v) is 8.18. The van der Waals surface area contributed by atoms with Crippen molar-refractivity contribution in [2.45, 2.75) is 26.5 Å². The van der Waals surface area contributed by atoms with Gasteiger partial charge in [0.05, 0.1) is 18.0 Å². The van der Waals surface area contributed by atoms with Gasteiger partial charge in [-0.05, 0) is 32.0 Å². The number of anilines is 1. The molecule has 2 rings (SSSR count). The van der Waals surface area contributed by atoms with E-state index >= 15 is 0 Å². The molecule has 0 saturated carbocycles. The highest BCUT2D eigenvalue weighted by Crippen LogP contribution is 2.30. The highest BCUT2D eigenvalue weighted by Gasteiger charge is 2.24. The lowest BCUT2D eigenvalue weighted by Gasteiger charge is -2.25. The van der Waals surface area contributed by atoms with Gasteiger partial charge in [-0.1, -0.05) is 30.3 Å². The molecule has 0 unspecified atom stereocenters. The normalized spacial score (nSPS) is 11.3. The molecule has 2 aromatic rings. The average Bonchev–Trinajstić information content (AvgIpc) is 2.58. The van der Waals surface area contributed by atoms with Crippen LogP contribution in [0.3, 0.4) is 0 Å². The fourth-order valence-electron chi connectivity index (χ4n) is 2.42. The van der Waals surface area contributed by atoms with E-state index in [2.05, 4.69) is 5.32 Å². The Balaban J connectivity index is 2.19. The fourth-order valence-corrected chi connectivity index (χ4v) is 3.28.